The van der Waals surface area contributed by atoms with Gasteiger partial charge in [0.25, 0.3) is 5.69 Å². The summed E-state index contributed by atoms with van der Waals surface area (Å²) in [5, 5.41) is 14.2. The van der Waals surface area contributed by atoms with Crippen molar-refractivity contribution in [3.8, 4) is 0 Å². The van der Waals surface area contributed by atoms with Crippen LogP contribution in [0.25, 0.3) is 0 Å². The molecule has 10 heteroatoms. The van der Waals surface area contributed by atoms with Gasteiger partial charge in [-0.2, -0.15) is 0 Å². The summed E-state index contributed by atoms with van der Waals surface area (Å²) in [6.45, 7) is 3.42. The number of carbonyl (C=O) groups is 2. The number of hydrogen-bond acceptors (Lipinski definition) is 8. The van der Waals surface area contributed by atoms with Gasteiger partial charge in [0.05, 0.1) is 47.5 Å². The van der Waals surface area contributed by atoms with Gasteiger partial charge in [-0.3, -0.25) is 10.1 Å². The zero-order valence-corrected chi connectivity index (χ0v) is 18.6. The first kappa shape index (κ1) is 24.4. The zero-order valence-electron chi connectivity index (χ0n) is 18.6. The van der Waals surface area contributed by atoms with Crippen LogP contribution in [0.5, 0.6) is 0 Å². The molecule has 1 aromatic rings. The van der Waals surface area contributed by atoms with Crippen LogP contribution in [0.15, 0.2) is 46.8 Å². The average Bonchev–Trinajstić information content (AvgIpc) is 2.82. The lowest BCUT2D eigenvalue weighted by Gasteiger charge is -2.32. The molecule has 0 aliphatic carbocycles. The van der Waals surface area contributed by atoms with E-state index in [0.717, 1.165) is 0 Å². The Morgan fingerprint density at radius 1 is 1.24 bits per heavy atom. The summed E-state index contributed by atoms with van der Waals surface area (Å²) in [4.78, 5) is 37.1. The maximum absolute atomic E-state index is 14.1. The molecule has 1 saturated heterocycles. The molecule has 0 radical (unpaired) electrons. The smallest absolute Gasteiger partial charge is 0.337 e. The number of ether oxygens (including phenoxy) is 3. The Balaban J connectivity index is 2.09. The van der Waals surface area contributed by atoms with Gasteiger partial charge in [-0.25, -0.2) is 14.0 Å². The van der Waals surface area contributed by atoms with E-state index in [2.05, 4.69) is 5.32 Å². The summed E-state index contributed by atoms with van der Waals surface area (Å²) in [5.74, 6) is -2.56. The Kier molecular flexibility index (Phi) is 8.16. The number of dihydropyridines is 1. The molecule has 9 nitrogen and oxygen atoms in total. The van der Waals surface area contributed by atoms with Crippen molar-refractivity contribution in [2.24, 2.45) is 0 Å². The number of benzene rings is 1. The van der Waals surface area contributed by atoms with Crippen LogP contribution in [-0.2, 0) is 23.8 Å². The van der Waals surface area contributed by atoms with Gasteiger partial charge in [0, 0.05) is 30.7 Å². The molecular weight excluding hydrogens is 435 g/mol. The topological polar surface area (TPSA) is 117 Å². The molecule has 0 aromatic heterocycles. The molecule has 1 atom stereocenters. The first-order valence-electron chi connectivity index (χ1n) is 10.8. The predicted octanol–water partition coefficient (Wildman–Crippen LogP) is 3.45. The monoisotopic (exact) mass is 462 g/mol. The molecule has 0 bridgehead atoms. The number of nitrogens with zero attached hydrogens (tertiary/aromatic N) is 1. The molecule has 33 heavy (non-hydrogen) atoms. The number of rotatable bonds is 8. The van der Waals surface area contributed by atoms with Gasteiger partial charge in [-0.1, -0.05) is 19.1 Å². The molecule has 0 amide bonds. The van der Waals surface area contributed by atoms with E-state index in [1.165, 1.54) is 18.2 Å². The molecule has 2 heterocycles. The molecule has 178 valence electrons. The number of nitrogens with one attached hydrogen (secondary N) is 1. The number of carbonyl (C=O) groups excluding carboxylic acids is 2. The van der Waals surface area contributed by atoms with Crippen molar-refractivity contribution in [2.75, 3.05) is 26.5 Å². The van der Waals surface area contributed by atoms with Crippen LogP contribution in [0.1, 0.15) is 44.6 Å². The first-order chi connectivity index (χ1) is 15.9. The van der Waals surface area contributed by atoms with Crippen LogP contribution in [0, 0.1) is 10.1 Å². The number of esters is 2. The maximum Gasteiger partial charge on any atom is 0.337 e. The summed E-state index contributed by atoms with van der Waals surface area (Å²) in [6, 6.07) is 5.58. The fourth-order valence-corrected chi connectivity index (χ4v) is 3.95. The van der Waals surface area contributed by atoms with Gasteiger partial charge in [-0.15, -0.1) is 0 Å². The van der Waals surface area contributed by atoms with Crippen molar-refractivity contribution >= 4 is 17.6 Å². The zero-order chi connectivity index (χ0) is 24.0. The van der Waals surface area contributed by atoms with Crippen molar-refractivity contribution in [1.82, 2.24) is 5.32 Å². The molecule has 0 spiro atoms. The minimum atomic E-state index is -1.09. The Morgan fingerprint density at radius 2 is 1.97 bits per heavy atom. The van der Waals surface area contributed by atoms with Crippen molar-refractivity contribution < 1.29 is 33.1 Å². The maximum atomic E-state index is 14.1. The van der Waals surface area contributed by atoms with Gasteiger partial charge in [0.2, 0.25) is 0 Å². The molecule has 1 fully saturated rings. The second-order valence-corrected chi connectivity index (χ2v) is 7.83. The minimum absolute atomic E-state index is 0.0480. The molecular formula is C23H27FN2O7. The highest BCUT2D eigenvalue weighted by Crippen LogP contribution is 2.40. The Bertz CT molecular complexity index is 983. The van der Waals surface area contributed by atoms with Gasteiger partial charge >= 0.3 is 11.9 Å². The summed E-state index contributed by atoms with van der Waals surface area (Å²) in [5.41, 5.74) is 0.317. The fourth-order valence-electron chi connectivity index (χ4n) is 3.95. The molecule has 1 unspecified atom stereocenters. The van der Waals surface area contributed by atoms with Crippen molar-refractivity contribution in [3.63, 3.8) is 0 Å². The molecule has 3 rings (SSSR count). The number of alkyl halides is 1. The Morgan fingerprint density at radius 3 is 2.61 bits per heavy atom. The first-order valence-corrected chi connectivity index (χ1v) is 10.8. The molecule has 1 aromatic carbocycles. The molecule has 2 aliphatic rings. The third-order valence-electron chi connectivity index (χ3n) is 5.51. The summed E-state index contributed by atoms with van der Waals surface area (Å²) < 4.78 is 30.3. The normalized spacial score (nSPS) is 19.2. The number of halogens is 1. The second-order valence-electron chi connectivity index (χ2n) is 7.83. The third kappa shape index (κ3) is 5.57. The summed E-state index contributed by atoms with van der Waals surface area (Å²) >= 11 is 0. The van der Waals surface area contributed by atoms with E-state index in [1.807, 2.05) is 6.92 Å². The highest BCUT2D eigenvalue weighted by atomic mass is 19.1. The highest BCUT2D eigenvalue weighted by molar-refractivity contribution is 6.00. The molecule has 2 aliphatic heterocycles. The lowest BCUT2D eigenvalue weighted by Crippen LogP contribution is -2.36. The summed E-state index contributed by atoms with van der Waals surface area (Å²) in [7, 11) is 0. The fraction of sp³-hybridized carbons (Fsp3) is 0.478. The Hall–Kier alpha value is -3.27. The van der Waals surface area contributed by atoms with Crippen molar-refractivity contribution in [1.29, 1.82) is 0 Å². The SMILES string of the molecule is CCCOC(=O)C1=C(C)NC(CF)=C(C(=O)OC2CCOCC2)C1c1cccc([N+](=O)[O-])c1. The van der Waals surface area contributed by atoms with Crippen molar-refractivity contribution in [3.05, 3.63) is 62.5 Å². The lowest BCUT2D eigenvalue weighted by atomic mass is 9.80. The van der Waals surface area contributed by atoms with E-state index in [0.29, 0.717) is 43.7 Å². The lowest BCUT2D eigenvalue weighted by molar-refractivity contribution is -0.384. The second kappa shape index (κ2) is 11.0. The van der Waals surface area contributed by atoms with E-state index >= 15 is 0 Å². The molecule has 0 saturated carbocycles. The number of non-ortho nitro benzene ring substituents is 1. The van der Waals surface area contributed by atoms with Gasteiger partial charge in [-0.05, 0) is 18.9 Å². The third-order valence-corrected chi connectivity index (χ3v) is 5.51. The number of allylic oxidation sites excluding steroid dienone is 2. The average molecular weight is 462 g/mol. The Labute approximate surface area is 190 Å². The van der Waals surface area contributed by atoms with Crippen LogP contribution >= 0.6 is 0 Å². The summed E-state index contributed by atoms with van der Waals surface area (Å²) in [6.07, 6.45) is 1.17. The van der Waals surface area contributed by atoms with E-state index in [-0.39, 0.29) is 29.1 Å². The van der Waals surface area contributed by atoms with Gasteiger partial charge in [0.15, 0.2) is 0 Å². The largest absolute Gasteiger partial charge is 0.462 e. The highest BCUT2D eigenvalue weighted by Gasteiger charge is 2.40. The van der Waals surface area contributed by atoms with Crippen LogP contribution in [-0.4, -0.2) is 49.5 Å². The molecule has 1 N–H and O–H groups in total. The van der Waals surface area contributed by atoms with Crippen LogP contribution in [0.3, 0.4) is 0 Å². The van der Waals surface area contributed by atoms with Crippen LogP contribution < -0.4 is 5.32 Å². The number of nitro benzene ring substituents is 1. The quantitative estimate of drug-likeness (QED) is 0.355. The van der Waals surface area contributed by atoms with Gasteiger partial charge < -0.3 is 19.5 Å². The van der Waals surface area contributed by atoms with E-state index in [4.69, 9.17) is 14.2 Å². The minimum Gasteiger partial charge on any atom is -0.462 e. The van der Waals surface area contributed by atoms with E-state index in [9.17, 15) is 24.1 Å². The van der Waals surface area contributed by atoms with Crippen molar-refractivity contribution in [2.45, 2.75) is 45.1 Å². The number of hydrogen-bond donors (Lipinski definition) is 1. The number of nitro groups is 1. The van der Waals surface area contributed by atoms with Crippen LogP contribution in [0.2, 0.25) is 0 Å². The van der Waals surface area contributed by atoms with E-state index in [1.54, 1.807) is 13.0 Å². The standard InChI is InChI=1S/C23H27FN2O7/c1-3-9-32-22(27)19-14(2)25-18(13-24)21(23(28)33-17-7-10-31-11-8-17)20(19)15-5-4-6-16(12-15)26(29)30/h4-6,12,17,20,25H,3,7-11,13H2,1-2H3. The van der Waals surface area contributed by atoms with Gasteiger partial charge in [0.1, 0.15) is 12.8 Å². The van der Waals surface area contributed by atoms with Crippen LogP contribution in [0.4, 0.5) is 10.1 Å². The van der Waals surface area contributed by atoms with E-state index < -0.39 is 35.6 Å². The predicted molar refractivity (Wildman–Crippen MR) is 116 cm³/mol.